The maximum Gasteiger partial charge on any atom is 0.0419 e. The van der Waals surface area contributed by atoms with Crippen molar-refractivity contribution in [2.24, 2.45) is 11.1 Å². The molecular formula is C12H17BrIN. The van der Waals surface area contributed by atoms with Gasteiger partial charge in [0.25, 0.3) is 0 Å². The highest BCUT2D eigenvalue weighted by atomic mass is 127. The Morgan fingerprint density at radius 1 is 1.13 bits per heavy atom. The Labute approximate surface area is 117 Å². The van der Waals surface area contributed by atoms with Gasteiger partial charge in [0.2, 0.25) is 0 Å². The fraction of sp³-hybridized carbons (Fsp3) is 0.500. The first kappa shape index (κ1) is 13.5. The smallest absolute Gasteiger partial charge is 0.0419 e. The van der Waals surface area contributed by atoms with Crippen LogP contribution in [0, 0.1) is 5.41 Å². The molecule has 0 radical (unpaired) electrons. The van der Waals surface area contributed by atoms with Crippen LogP contribution in [0.5, 0.6) is 0 Å². The largest absolute Gasteiger partial charge is 0.321 e. The van der Waals surface area contributed by atoms with Crippen molar-refractivity contribution in [1.82, 2.24) is 0 Å². The third-order valence-electron chi connectivity index (χ3n) is 3.01. The summed E-state index contributed by atoms with van der Waals surface area (Å²) in [6.07, 6.45) is 2.17. The predicted molar refractivity (Wildman–Crippen MR) is 78.4 cm³/mol. The monoisotopic (exact) mass is 381 g/mol. The molecule has 3 heteroatoms. The van der Waals surface area contributed by atoms with Crippen molar-refractivity contribution >= 4 is 39.9 Å². The van der Waals surface area contributed by atoms with E-state index in [0.29, 0.717) is 5.41 Å². The molecule has 0 unspecified atom stereocenters. The van der Waals surface area contributed by atoms with Gasteiger partial charge in [-0.15, -0.1) is 24.0 Å². The predicted octanol–water partition coefficient (Wildman–Crippen LogP) is 4.04. The molecule has 0 heterocycles. The zero-order valence-corrected chi connectivity index (χ0v) is 13.0. The van der Waals surface area contributed by atoms with Gasteiger partial charge in [-0.2, -0.15) is 0 Å². The first-order valence-electron chi connectivity index (χ1n) is 4.96. The molecule has 1 saturated carbocycles. The average molecular weight is 382 g/mol. The number of rotatable bonds is 1. The molecule has 1 aliphatic carbocycles. The second-order valence-electron chi connectivity index (χ2n) is 5.18. The summed E-state index contributed by atoms with van der Waals surface area (Å²) in [4.78, 5) is 0. The minimum atomic E-state index is -0.0792. The Kier molecular flexibility index (Phi) is 3.89. The van der Waals surface area contributed by atoms with E-state index in [1.807, 2.05) is 0 Å². The average Bonchev–Trinajstić information content (AvgIpc) is 2.01. The van der Waals surface area contributed by atoms with Crippen LogP contribution in [0.25, 0.3) is 0 Å². The van der Waals surface area contributed by atoms with Crippen LogP contribution in [-0.2, 0) is 5.54 Å². The minimum absolute atomic E-state index is 0. The number of benzene rings is 1. The second-order valence-corrected chi connectivity index (χ2v) is 6.10. The van der Waals surface area contributed by atoms with E-state index in [-0.39, 0.29) is 29.5 Å². The van der Waals surface area contributed by atoms with Crippen molar-refractivity contribution in [3.63, 3.8) is 0 Å². The molecule has 1 aromatic rings. The van der Waals surface area contributed by atoms with E-state index in [4.69, 9.17) is 5.73 Å². The zero-order chi connectivity index (χ0) is 10.4. The van der Waals surface area contributed by atoms with Crippen LogP contribution in [0.1, 0.15) is 32.3 Å². The Morgan fingerprint density at radius 2 is 1.60 bits per heavy atom. The zero-order valence-electron chi connectivity index (χ0n) is 9.09. The summed E-state index contributed by atoms with van der Waals surface area (Å²) in [5.41, 5.74) is 7.94. The van der Waals surface area contributed by atoms with Crippen LogP contribution in [0.4, 0.5) is 0 Å². The third kappa shape index (κ3) is 2.74. The van der Waals surface area contributed by atoms with Crippen molar-refractivity contribution in [2.45, 2.75) is 32.2 Å². The van der Waals surface area contributed by atoms with Crippen LogP contribution in [0.15, 0.2) is 28.7 Å². The number of hydrogen-bond acceptors (Lipinski definition) is 1. The standard InChI is InChI=1S/C12H16BrN.HI/c1-11(2)7-12(14,8-11)9-3-5-10(13)6-4-9;/h3-6H,7-8,14H2,1-2H3;1H. The van der Waals surface area contributed by atoms with E-state index in [1.165, 1.54) is 5.56 Å². The summed E-state index contributed by atoms with van der Waals surface area (Å²) in [5.74, 6) is 0. The summed E-state index contributed by atoms with van der Waals surface area (Å²) < 4.78 is 1.11. The molecule has 0 bridgehead atoms. The highest BCUT2D eigenvalue weighted by molar-refractivity contribution is 14.0. The van der Waals surface area contributed by atoms with Gasteiger partial charge in [-0.3, -0.25) is 0 Å². The van der Waals surface area contributed by atoms with Crippen molar-refractivity contribution < 1.29 is 0 Å². The molecule has 0 saturated heterocycles. The van der Waals surface area contributed by atoms with E-state index in [1.54, 1.807) is 0 Å². The van der Waals surface area contributed by atoms with Crippen molar-refractivity contribution in [1.29, 1.82) is 0 Å². The molecule has 1 aromatic carbocycles. The van der Waals surface area contributed by atoms with Crippen LogP contribution in [0.3, 0.4) is 0 Å². The van der Waals surface area contributed by atoms with Gasteiger partial charge in [0.05, 0.1) is 0 Å². The summed E-state index contributed by atoms with van der Waals surface area (Å²) in [7, 11) is 0. The van der Waals surface area contributed by atoms with Gasteiger partial charge < -0.3 is 5.73 Å². The molecule has 1 aliphatic rings. The molecule has 0 aliphatic heterocycles. The lowest BCUT2D eigenvalue weighted by molar-refractivity contribution is 0.0618. The fourth-order valence-electron chi connectivity index (χ4n) is 2.64. The molecule has 0 atom stereocenters. The first-order valence-corrected chi connectivity index (χ1v) is 5.76. The Hall–Kier alpha value is 0.390. The lowest BCUT2D eigenvalue weighted by Gasteiger charge is -2.51. The van der Waals surface area contributed by atoms with Gasteiger partial charge in [0.1, 0.15) is 0 Å². The highest BCUT2D eigenvalue weighted by Gasteiger charge is 2.47. The van der Waals surface area contributed by atoms with Crippen LogP contribution in [0.2, 0.25) is 0 Å². The molecule has 2 rings (SSSR count). The van der Waals surface area contributed by atoms with E-state index in [0.717, 1.165) is 17.3 Å². The number of nitrogens with two attached hydrogens (primary N) is 1. The lowest BCUT2D eigenvalue weighted by atomic mass is 9.57. The Balaban J connectivity index is 0.00000112. The Morgan fingerprint density at radius 3 is 2.00 bits per heavy atom. The number of hydrogen-bond donors (Lipinski definition) is 1. The molecular weight excluding hydrogens is 365 g/mol. The molecule has 84 valence electrons. The third-order valence-corrected chi connectivity index (χ3v) is 3.54. The van der Waals surface area contributed by atoms with E-state index in [9.17, 15) is 0 Å². The topological polar surface area (TPSA) is 26.0 Å². The van der Waals surface area contributed by atoms with E-state index < -0.39 is 0 Å². The molecule has 0 spiro atoms. The van der Waals surface area contributed by atoms with Crippen molar-refractivity contribution in [3.8, 4) is 0 Å². The Bertz CT molecular complexity index is 337. The van der Waals surface area contributed by atoms with E-state index >= 15 is 0 Å². The number of halogens is 2. The second kappa shape index (κ2) is 4.34. The van der Waals surface area contributed by atoms with Crippen LogP contribution in [-0.4, -0.2) is 0 Å². The molecule has 2 N–H and O–H groups in total. The maximum atomic E-state index is 6.33. The van der Waals surface area contributed by atoms with Gasteiger partial charge in [-0.1, -0.05) is 41.9 Å². The summed E-state index contributed by atoms with van der Waals surface area (Å²) in [6.45, 7) is 4.55. The van der Waals surface area contributed by atoms with Crippen LogP contribution < -0.4 is 5.73 Å². The SMILES string of the molecule is CC1(C)CC(N)(c2ccc(Br)cc2)C1.I. The molecule has 0 aromatic heterocycles. The van der Waals surface area contributed by atoms with Crippen LogP contribution >= 0.6 is 39.9 Å². The summed E-state index contributed by atoms with van der Waals surface area (Å²) in [6, 6.07) is 8.38. The first-order chi connectivity index (χ1) is 6.41. The lowest BCUT2D eigenvalue weighted by Crippen LogP contribution is -2.53. The fourth-order valence-corrected chi connectivity index (χ4v) is 2.91. The quantitative estimate of drug-likeness (QED) is 0.730. The van der Waals surface area contributed by atoms with Gasteiger partial charge in [-0.25, -0.2) is 0 Å². The van der Waals surface area contributed by atoms with Gasteiger partial charge in [0, 0.05) is 10.0 Å². The summed E-state index contributed by atoms with van der Waals surface area (Å²) >= 11 is 3.43. The highest BCUT2D eigenvalue weighted by Crippen LogP contribution is 2.51. The normalized spacial score (nSPS) is 21.3. The minimum Gasteiger partial charge on any atom is -0.321 e. The van der Waals surface area contributed by atoms with Crippen molar-refractivity contribution in [2.75, 3.05) is 0 Å². The van der Waals surface area contributed by atoms with Gasteiger partial charge >= 0.3 is 0 Å². The summed E-state index contributed by atoms with van der Waals surface area (Å²) in [5, 5.41) is 0. The molecule has 1 nitrogen and oxygen atoms in total. The molecule has 15 heavy (non-hydrogen) atoms. The maximum absolute atomic E-state index is 6.33. The van der Waals surface area contributed by atoms with Crippen molar-refractivity contribution in [3.05, 3.63) is 34.3 Å². The van der Waals surface area contributed by atoms with E-state index in [2.05, 4.69) is 54.0 Å². The molecule has 1 fully saturated rings. The van der Waals surface area contributed by atoms with Gasteiger partial charge in [-0.05, 0) is 36.0 Å². The molecule has 0 amide bonds. The van der Waals surface area contributed by atoms with Gasteiger partial charge in [0.15, 0.2) is 0 Å².